The van der Waals surface area contributed by atoms with Crippen LogP contribution in [0.1, 0.15) is 32.6 Å². The number of aryl methyl sites for hydroxylation is 1. The van der Waals surface area contributed by atoms with E-state index in [0.29, 0.717) is 16.9 Å². The molecule has 0 bridgehead atoms. The zero-order valence-electron chi connectivity index (χ0n) is 19.7. The summed E-state index contributed by atoms with van der Waals surface area (Å²) in [5.74, 6) is -1.14. The molecule has 1 aromatic carbocycles. The van der Waals surface area contributed by atoms with Gasteiger partial charge in [-0.15, -0.1) is 0 Å². The topological polar surface area (TPSA) is 131 Å². The molecule has 3 aromatic rings. The molecule has 5 rings (SSSR count). The van der Waals surface area contributed by atoms with E-state index >= 15 is 0 Å². The van der Waals surface area contributed by atoms with E-state index in [4.69, 9.17) is 18.4 Å². The highest BCUT2D eigenvalue weighted by Crippen LogP contribution is 2.44. The lowest BCUT2D eigenvalue weighted by atomic mass is 10.1. The molecule has 2 aliphatic rings. The number of imidazole rings is 1. The van der Waals surface area contributed by atoms with Crippen molar-refractivity contribution in [2.45, 2.75) is 62.9 Å². The number of pyridine rings is 1. The molecule has 1 amide bonds. The average molecular weight is 503 g/mol. The monoisotopic (exact) mass is 502 g/mol. The third kappa shape index (κ3) is 4.55. The molecule has 2 aliphatic heterocycles. The molecule has 0 spiro atoms. The summed E-state index contributed by atoms with van der Waals surface area (Å²) in [4.78, 5) is 20.4. The van der Waals surface area contributed by atoms with E-state index in [-0.39, 0.29) is 17.4 Å². The number of rotatable bonds is 6. The summed E-state index contributed by atoms with van der Waals surface area (Å²) >= 11 is 0. The standard InChI is InChI=1S/C23H26N4O7S/c1-13-5-7-15(8-6-13)35(29,30)31-11-17-19-20(34-23(3,4)33-19)22(32-17)27-12-25-18-16(26-14(2)28)9-10-24-21(18)27/h5-10,12,17,19-20,22H,11H2,1-4H3,(H,24,26,28)/t17-,19-,20-,22-/m1/s1. The van der Waals surface area contributed by atoms with E-state index in [0.717, 1.165) is 5.56 Å². The molecular weight excluding hydrogens is 476 g/mol. The zero-order chi connectivity index (χ0) is 25.0. The second-order valence-corrected chi connectivity index (χ2v) is 10.7. The van der Waals surface area contributed by atoms with Crippen molar-refractivity contribution in [3.05, 3.63) is 48.4 Å². The van der Waals surface area contributed by atoms with Crippen LogP contribution >= 0.6 is 0 Å². The number of carbonyl (C=O) groups is 1. The predicted octanol–water partition coefficient (Wildman–Crippen LogP) is 2.52. The summed E-state index contributed by atoms with van der Waals surface area (Å²) in [6.07, 6.45) is 0.517. The molecule has 0 aliphatic carbocycles. The first-order chi connectivity index (χ1) is 16.5. The van der Waals surface area contributed by atoms with Crippen LogP contribution in [0.15, 0.2) is 47.8 Å². The minimum Gasteiger partial charge on any atom is -0.347 e. The fraction of sp³-hybridized carbons (Fsp3) is 0.435. The van der Waals surface area contributed by atoms with E-state index in [1.165, 1.54) is 19.1 Å². The molecule has 12 heteroatoms. The van der Waals surface area contributed by atoms with E-state index < -0.39 is 40.4 Å². The van der Waals surface area contributed by atoms with Crippen LogP contribution in [0.3, 0.4) is 0 Å². The van der Waals surface area contributed by atoms with Crippen LogP contribution in [-0.2, 0) is 33.3 Å². The van der Waals surface area contributed by atoms with Gasteiger partial charge in [-0.1, -0.05) is 17.7 Å². The largest absolute Gasteiger partial charge is 0.347 e. The molecule has 11 nitrogen and oxygen atoms in total. The van der Waals surface area contributed by atoms with Gasteiger partial charge in [0.1, 0.15) is 23.8 Å². The summed E-state index contributed by atoms with van der Waals surface area (Å²) in [6.45, 7) is 6.58. The van der Waals surface area contributed by atoms with Gasteiger partial charge in [-0.2, -0.15) is 8.42 Å². The highest BCUT2D eigenvalue weighted by Gasteiger charge is 2.56. The zero-order valence-corrected chi connectivity index (χ0v) is 20.5. The van der Waals surface area contributed by atoms with E-state index in [2.05, 4.69) is 15.3 Å². The fourth-order valence-electron chi connectivity index (χ4n) is 4.36. The Hall–Kier alpha value is -2.90. The van der Waals surface area contributed by atoms with Gasteiger partial charge >= 0.3 is 0 Å². The first-order valence-corrected chi connectivity index (χ1v) is 12.5. The highest BCUT2D eigenvalue weighted by atomic mass is 32.2. The molecule has 0 radical (unpaired) electrons. The third-order valence-electron chi connectivity index (χ3n) is 5.87. The molecule has 2 fully saturated rings. The van der Waals surface area contributed by atoms with Gasteiger partial charge in [0.15, 0.2) is 17.7 Å². The Labute approximate surface area is 202 Å². The van der Waals surface area contributed by atoms with Gasteiger partial charge in [-0.25, -0.2) is 9.97 Å². The van der Waals surface area contributed by atoms with Crippen LogP contribution in [0.4, 0.5) is 5.69 Å². The Morgan fingerprint density at radius 2 is 1.86 bits per heavy atom. The van der Waals surface area contributed by atoms with E-state index in [1.807, 2.05) is 6.92 Å². The van der Waals surface area contributed by atoms with Crippen molar-refractivity contribution >= 4 is 32.9 Å². The Morgan fingerprint density at radius 1 is 1.14 bits per heavy atom. The van der Waals surface area contributed by atoms with Gasteiger partial charge < -0.3 is 19.5 Å². The Balaban J connectivity index is 1.42. The van der Waals surface area contributed by atoms with Gasteiger partial charge in [-0.05, 0) is 39.0 Å². The van der Waals surface area contributed by atoms with Gasteiger partial charge in [0.25, 0.3) is 10.1 Å². The summed E-state index contributed by atoms with van der Waals surface area (Å²) in [6, 6.07) is 8.07. The maximum atomic E-state index is 12.7. The van der Waals surface area contributed by atoms with E-state index in [1.54, 1.807) is 49.1 Å². The number of nitrogens with one attached hydrogen (secondary N) is 1. The van der Waals surface area contributed by atoms with Gasteiger partial charge in [0, 0.05) is 13.1 Å². The molecule has 4 atom stereocenters. The van der Waals surface area contributed by atoms with Crippen LogP contribution in [0.5, 0.6) is 0 Å². The van der Waals surface area contributed by atoms with Gasteiger partial charge in [0.05, 0.1) is 23.5 Å². The number of hydrogen-bond donors (Lipinski definition) is 1. The number of fused-ring (bicyclic) bond motifs is 2. The lowest BCUT2D eigenvalue weighted by Crippen LogP contribution is -2.33. The first-order valence-electron chi connectivity index (χ1n) is 11.1. The molecule has 186 valence electrons. The van der Waals surface area contributed by atoms with Crippen molar-refractivity contribution in [3.8, 4) is 0 Å². The molecule has 0 saturated carbocycles. The Morgan fingerprint density at radius 3 is 2.57 bits per heavy atom. The third-order valence-corrected chi connectivity index (χ3v) is 7.16. The van der Waals surface area contributed by atoms with Crippen molar-refractivity contribution in [2.75, 3.05) is 11.9 Å². The van der Waals surface area contributed by atoms with Crippen molar-refractivity contribution < 1.29 is 31.6 Å². The molecular formula is C23H26N4O7S. The smallest absolute Gasteiger partial charge is 0.297 e. The number of hydrogen-bond acceptors (Lipinski definition) is 9. The molecule has 4 heterocycles. The average Bonchev–Trinajstić information content (AvgIpc) is 3.43. The number of anilines is 1. The molecule has 2 saturated heterocycles. The summed E-state index contributed by atoms with van der Waals surface area (Å²) in [7, 11) is -3.99. The number of amides is 1. The second kappa shape index (κ2) is 8.64. The minimum atomic E-state index is -3.99. The minimum absolute atomic E-state index is 0.0634. The predicted molar refractivity (Wildman–Crippen MR) is 124 cm³/mol. The summed E-state index contributed by atoms with van der Waals surface area (Å²) < 4.78 is 50.9. The molecule has 0 unspecified atom stereocenters. The van der Waals surface area contributed by atoms with Gasteiger partial charge in [0.2, 0.25) is 5.91 Å². The SMILES string of the molecule is CC(=O)Nc1ccnc2c1ncn2[C@@H]1O[C@H](COS(=O)(=O)c2ccc(C)cc2)[C@H]2OC(C)(C)O[C@H]21. The summed E-state index contributed by atoms with van der Waals surface area (Å²) in [5, 5.41) is 2.74. The van der Waals surface area contributed by atoms with Crippen LogP contribution < -0.4 is 5.32 Å². The summed E-state index contributed by atoms with van der Waals surface area (Å²) in [5.41, 5.74) is 2.42. The number of aromatic nitrogens is 3. The number of carbonyl (C=O) groups excluding carboxylic acids is 1. The number of nitrogens with zero attached hydrogens (tertiary/aromatic N) is 3. The highest BCUT2D eigenvalue weighted by molar-refractivity contribution is 7.86. The second-order valence-electron chi connectivity index (χ2n) is 9.05. The quantitative estimate of drug-likeness (QED) is 0.505. The van der Waals surface area contributed by atoms with Crippen molar-refractivity contribution in [1.82, 2.24) is 14.5 Å². The Kier molecular flexibility index (Phi) is 5.88. The van der Waals surface area contributed by atoms with E-state index in [9.17, 15) is 13.2 Å². The maximum Gasteiger partial charge on any atom is 0.297 e. The van der Waals surface area contributed by atoms with Crippen molar-refractivity contribution in [3.63, 3.8) is 0 Å². The van der Waals surface area contributed by atoms with Gasteiger partial charge in [-0.3, -0.25) is 13.5 Å². The molecule has 2 aromatic heterocycles. The molecule has 35 heavy (non-hydrogen) atoms. The lowest BCUT2D eigenvalue weighted by molar-refractivity contribution is -0.198. The number of ether oxygens (including phenoxy) is 3. The van der Waals surface area contributed by atoms with Crippen LogP contribution in [0.2, 0.25) is 0 Å². The normalized spacial score (nSPS) is 25.6. The number of benzene rings is 1. The van der Waals surface area contributed by atoms with Crippen LogP contribution in [0.25, 0.3) is 11.2 Å². The Bertz CT molecular complexity index is 1370. The van der Waals surface area contributed by atoms with Crippen LogP contribution in [-0.4, -0.2) is 59.6 Å². The fourth-order valence-corrected chi connectivity index (χ4v) is 5.28. The van der Waals surface area contributed by atoms with Crippen LogP contribution in [0, 0.1) is 6.92 Å². The maximum absolute atomic E-state index is 12.7. The first kappa shape index (κ1) is 23.8. The van der Waals surface area contributed by atoms with Crippen molar-refractivity contribution in [2.24, 2.45) is 0 Å². The van der Waals surface area contributed by atoms with Crippen molar-refractivity contribution in [1.29, 1.82) is 0 Å². The lowest BCUT2D eigenvalue weighted by Gasteiger charge is -2.24. The molecule has 1 N–H and O–H groups in total.